The molecule has 0 rings (SSSR count). The molecular formula is C6H8NO2S-. The average Bonchev–Trinajstić information content (AvgIpc) is 1.59. The van der Waals surface area contributed by atoms with E-state index in [-0.39, 0.29) is 6.42 Å². The number of carbonyl (C=O) groups excluding carboxylic acids is 1. The van der Waals surface area contributed by atoms with Gasteiger partial charge in [0.15, 0.2) is 0 Å². The van der Waals surface area contributed by atoms with Gasteiger partial charge in [-0.05, 0) is 26.1 Å². The fourth-order valence-electron chi connectivity index (χ4n) is 0.516. The SMILES string of the molecule is CC(C)(CC(=O)[O-])N=C=S. The molecule has 0 saturated heterocycles. The van der Waals surface area contributed by atoms with Crippen LogP contribution < -0.4 is 5.11 Å². The molecule has 0 fully saturated rings. The number of rotatable bonds is 3. The summed E-state index contributed by atoms with van der Waals surface area (Å²) in [4.78, 5) is 13.7. The molecule has 0 N–H and O–H groups in total. The number of carboxylic acids is 1. The summed E-state index contributed by atoms with van der Waals surface area (Å²) in [6.07, 6.45) is -0.128. The van der Waals surface area contributed by atoms with E-state index in [1.54, 1.807) is 13.8 Å². The summed E-state index contributed by atoms with van der Waals surface area (Å²) >= 11 is 4.32. The number of carbonyl (C=O) groups is 1. The van der Waals surface area contributed by atoms with Crippen LogP contribution in [0.1, 0.15) is 20.3 Å². The minimum Gasteiger partial charge on any atom is -0.550 e. The minimum atomic E-state index is -1.13. The van der Waals surface area contributed by atoms with E-state index in [2.05, 4.69) is 22.4 Å². The summed E-state index contributed by atoms with van der Waals surface area (Å²) in [6, 6.07) is 0. The summed E-state index contributed by atoms with van der Waals surface area (Å²) in [7, 11) is 0. The molecule has 4 heteroatoms. The van der Waals surface area contributed by atoms with Crippen LogP contribution in [-0.2, 0) is 4.79 Å². The predicted molar refractivity (Wildman–Crippen MR) is 38.7 cm³/mol. The van der Waals surface area contributed by atoms with Crippen molar-refractivity contribution < 1.29 is 9.90 Å². The van der Waals surface area contributed by atoms with E-state index in [1.165, 1.54) is 0 Å². The van der Waals surface area contributed by atoms with Gasteiger partial charge in [-0.15, -0.1) is 0 Å². The van der Waals surface area contributed by atoms with Crippen molar-refractivity contribution in [2.45, 2.75) is 25.8 Å². The molecule has 0 heterocycles. The summed E-state index contributed by atoms with van der Waals surface area (Å²) in [5.74, 6) is -1.13. The Hall–Kier alpha value is -0.730. The number of hydrogen-bond donors (Lipinski definition) is 0. The molecule has 0 aliphatic heterocycles. The van der Waals surface area contributed by atoms with E-state index in [0.29, 0.717) is 0 Å². The smallest absolute Gasteiger partial charge is 0.0706 e. The summed E-state index contributed by atoms with van der Waals surface area (Å²) < 4.78 is 0. The topological polar surface area (TPSA) is 52.5 Å². The van der Waals surface area contributed by atoms with Crippen molar-refractivity contribution in [2.24, 2.45) is 4.99 Å². The Morgan fingerprint density at radius 3 is 2.60 bits per heavy atom. The highest BCUT2D eigenvalue weighted by atomic mass is 32.1. The van der Waals surface area contributed by atoms with Crippen LogP contribution in [0.15, 0.2) is 4.99 Å². The van der Waals surface area contributed by atoms with Crippen LogP contribution in [0.2, 0.25) is 0 Å². The third kappa shape index (κ3) is 4.18. The van der Waals surface area contributed by atoms with Crippen molar-refractivity contribution in [1.29, 1.82) is 0 Å². The Morgan fingerprint density at radius 2 is 2.30 bits per heavy atom. The third-order valence-corrected chi connectivity index (χ3v) is 1.02. The first kappa shape index (κ1) is 9.27. The van der Waals surface area contributed by atoms with Gasteiger partial charge in [-0.3, -0.25) is 0 Å². The average molecular weight is 158 g/mol. The number of thiocarbonyl (C=S) groups is 1. The second kappa shape index (κ2) is 3.44. The van der Waals surface area contributed by atoms with Gasteiger partial charge >= 0.3 is 0 Å². The maximum absolute atomic E-state index is 10.1. The molecule has 0 radical (unpaired) electrons. The summed E-state index contributed by atoms with van der Waals surface area (Å²) in [5, 5.41) is 12.2. The van der Waals surface area contributed by atoms with Crippen molar-refractivity contribution in [3.05, 3.63) is 0 Å². The standard InChI is InChI=1S/C6H9NO2S/c1-6(2,7-4-10)3-5(8)9/h3H2,1-2H3,(H,8,9)/p-1. The first-order valence-corrected chi connectivity index (χ1v) is 3.17. The van der Waals surface area contributed by atoms with E-state index < -0.39 is 11.5 Å². The lowest BCUT2D eigenvalue weighted by molar-refractivity contribution is -0.306. The first-order chi connectivity index (χ1) is 4.48. The molecule has 3 nitrogen and oxygen atoms in total. The van der Waals surface area contributed by atoms with Crippen molar-refractivity contribution in [1.82, 2.24) is 0 Å². The molecule has 0 aliphatic carbocycles. The second-order valence-electron chi connectivity index (χ2n) is 2.56. The van der Waals surface area contributed by atoms with Crippen LogP contribution in [0.25, 0.3) is 0 Å². The molecule has 0 aromatic heterocycles. The van der Waals surface area contributed by atoms with Gasteiger partial charge in [0.25, 0.3) is 0 Å². The maximum atomic E-state index is 10.1. The fraction of sp³-hybridized carbons (Fsp3) is 0.667. The molecule has 0 aromatic rings. The van der Waals surface area contributed by atoms with Gasteiger partial charge in [-0.25, -0.2) is 4.99 Å². The van der Waals surface area contributed by atoms with Gasteiger partial charge in [-0.1, -0.05) is 0 Å². The van der Waals surface area contributed by atoms with Gasteiger partial charge in [-0.2, -0.15) is 0 Å². The zero-order valence-corrected chi connectivity index (χ0v) is 6.70. The highest BCUT2D eigenvalue weighted by Crippen LogP contribution is 2.11. The Labute approximate surface area is 64.8 Å². The number of hydrogen-bond acceptors (Lipinski definition) is 4. The Balaban J connectivity index is 4.12. The third-order valence-electron chi connectivity index (χ3n) is 0.925. The van der Waals surface area contributed by atoms with Crippen molar-refractivity contribution in [2.75, 3.05) is 0 Å². The molecule has 0 bridgehead atoms. The number of isothiocyanates is 1. The normalized spacial score (nSPS) is 10.2. The van der Waals surface area contributed by atoms with Crippen LogP contribution in [-0.4, -0.2) is 16.7 Å². The Morgan fingerprint density at radius 1 is 1.80 bits per heavy atom. The van der Waals surface area contributed by atoms with E-state index in [1.807, 2.05) is 0 Å². The molecule has 0 aliphatic rings. The highest BCUT2D eigenvalue weighted by molar-refractivity contribution is 7.78. The molecule has 0 unspecified atom stereocenters. The zero-order valence-electron chi connectivity index (χ0n) is 5.88. The van der Waals surface area contributed by atoms with Crippen molar-refractivity contribution in [3.8, 4) is 0 Å². The molecule has 0 amide bonds. The lowest BCUT2D eigenvalue weighted by atomic mass is 10.0. The molecule has 0 saturated carbocycles. The van der Waals surface area contributed by atoms with Crippen LogP contribution in [0.3, 0.4) is 0 Å². The quantitative estimate of drug-likeness (QED) is 0.429. The van der Waals surface area contributed by atoms with E-state index in [4.69, 9.17) is 0 Å². The molecule has 0 spiro atoms. The molecule has 56 valence electrons. The van der Waals surface area contributed by atoms with Crippen LogP contribution >= 0.6 is 12.2 Å². The molecule has 10 heavy (non-hydrogen) atoms. The fourth-order valence-corrected chi connectivity index (χ4v) is 0.763. The van der Waals surface area contributed by atoms with Gasteiger partial charge in [0, 0.05) is 12.4 Å². The largest absolute Gasteiger partial charge is 0.550 e. The van der Waals surface area contributed by atoms with Gasteiger partial charge in [0.05, 0.1) is 10.7 Å². The summed E-state index contributed by atoms with van der Waals surface area (Å²) in [6.45, 7) is 3.31. The van der Waals surface area contributed by atoms with Crippen LogP contribution in [0, 0.1) is 0 Å². The zero-order chi connectivity index (χ0) is 8.20. The van der Waals surface area contributed by atoms with E-state index in [0.717, 1.165) is 0 Å². The van der Waals surface area contributed by atoms with Gasteiger partial charge < -0.3 is 9.90 Å². The lowest BCUT2D eigenvalue weighted by Gasteiger charge is -2.17. The lowest BCUT2D eigenvalue weighted by Crippen LogP contribution is -2.31. The maximum Gasteiger partial charge on any atom is 0.0706 e. The number of nitrogens with zero attached hydrogens (tertiary/aromatic N) is 1. The van der Waals surface area contributed by atoms with Crippen LogP contribution in [0.5, 0.6) is 0 Å². The molecule has 0 atom stereocenters. The molecular weight excluding hydrogens is 150 g/mol. The van der Waals surface area contributed by atoms with Crippen molar-refractivity contribution in [3.63, 3.8) is 0 Å². The van der Waals surface area contributed by atoms with Gasteiger partial charge in [0.1, 0.15) is 0 Å². The minimum absolute atomic E-state index is 0.128. The van der Waals surface area contributed by atoms with Crippen molar-refractivity contribution >= 4 is 23.3 Å². The van der Waals surface area contributed by atoms with E-state index in [9.17, 15) is 9.90 Å². The monoisotopic (exact) mass is 158 g/mol. The number of carboxylic acid groups (broad SMARTS) is 1. The molecule has 0 aromatic carbocycles. The van der Waals surface area contributed by atoms with E-state index >= 15 is 0 Å². The number of aliphatic carboxylic acids is 1. The first-order valence-electron chi connectivity index (χ1n) is 2.77. The van der Waals surface area contributed by atoms with Gasteiger partial charge in [0.2, 0.25) is 0 Å². The van der Waals surface area contributed by atoms with Crippen LogP contribution in [0.4, 0.5) is 0 Å². The predicted octanol–water partition coefficient (Wildman–Crippen LogP) is 0.00780. The summed E-state index contributed by atoms with van der Waals surface area (Å²) in [5.41, 5.74) is -0.680. The second-order valence-corrected chi connectivity index (χ2v) is 2.75. The Kier molecular flexibility index (Phi) is 3.19. The highest BCUT2D eigenvalue weighted by Gasteiger charge is 2.14. The number of aliphatic imine (C=N–C) groups is 1. The Bertz CT molecular complexity index is 182.